The molecule has 0 spiro atoms. The summed E-state index contributed by atoms with van der Waals surface area (Å²) in [6.45, 7) is 5.15. The molecule has 7 heteroatoms. The third kappa shape index (κ3) is 3.10. The molecule has 1 fully saturated rings. The van der Waals surface area contributed by atoms with Crippen molar-refractivity contribution < 1.29 is 19.4 Å². The Labute approximate surface area is 121 Å². The Kier molecular flexibility index (Phi) is 4.29. The Bertz CT molecular complexity index is 487. The summed E-state index contributed by atoms with van der Waals surface area (Å²) in [5.41, 5.74) is -0.444. The van der Waals surface area contributed by atoms with Crippen LogP contribution in [0.4, 0.5) is 4.79 Å². The Hall–Kier alpha value is -1.60. The molecule has 0 aromatic carbocycles. The fourth-order valence-corrected chi connectivity index (χ4v) is 2.91. The normalized spacial score (nSPS) is 19.4. The Balaban J connectivity index is 2.11. The zero-order chi connectivity index (χ0) is 14.8. The van der Waals surface area contributed by atoms with Gasteiger partial charge in [-0.05, 0) is 25.3 Å². The van der Waals surface area contributed by atoms with Crippen molar-refractivity contribution in [2.24, 2.45) is 0 Å². The van der Waals surface area contributed by atoms with Crippen LogP contribution in [0.15, 0.2) is 17.5 Å². The van der Waals surface area contributed by atoms with Crippen molar-refractivity contribution >= 4 is 23.3 Å². The number of hydrogen-bond donors (Lipinski definition) is 2. The molecule has 1 aliphatic heterocycles. The Morgan fingerprint density at radius 3 is 2.85 bits per heavy atom. The first-order valence-corrected chi connectivity index (χ1v) is 7.22. The van der Waals surface area contributed by atoms with E-state index in [0.29, 0.717) is 24.6 Å². The van der Waals surface area contributed by atoms with Crippen molar-refractivity contribution in [1.82, 2.24) is 10.2 Å². The van der Waals surface area contributed by atoms with Gasteiger partial charge in [0.15, 0.2) is 6.04 Å². The van der Waals surface area contributed by atoms with Gasteiger partial charge in [0.25, 0.3) is 0 Å². The number of nitrogens with one attached hydrogen (secondary N) is 1. The largest absolute Gasteiger partial charge is 0.479 e. The topological polar surface area (TPSA) is 78.9 Å². The van der Waals surface area contributed by atoms with Crippen molar-refractivity contribution in [1.29, 1.82) is 0 Å². The lowest BCUT2D eigenvalue weighted by atomic mass is 10.0. The maximum atomic E-state index is 12.3. The zero-order valence-electron chi connectivity index (χ0n) is 11.5. The lowest BCUT2D eigenvalue weighted by molar-refractivity contribution is -0.139. The number of carbonyl (C=O) groups is 2. The van der Waals surface area contributed by atoms with E-state index in [2.05, 4.69) is 5.32 Å². The maximum absolute atomic E-state index is 12.3. The lowest BCUT2D eigenvalue weighted by Gasteiger charge is -2.42. The number of carboxylic acids is 1. The summed E-state index contributed by atoms with van der Waals surface area (Å²) in [6.07, 6.45) is 0. The van der Waals surface area contributed by atoms with Crippen LogP contribution in [0.5, 0.6) is 0 Å². The number of carboxylic acid groups (broad SMARTS) is 1. The molecule has 2 rings (SSSR count). The fraction of sp³-hybridized carbons (Fsp3) is 0.538. The smallest absolute Gasteiger partial charge is 0.331 e. The summed E-state index contributed by atoms with van der Waals surface area (Å²) in [5.74, 6) is -1.06. The van der Waals surface area contributed by atoms with Gasteiger partial charge in [0.1, 0.15) is 0 Å². The van der Waals surface area contributed by atoms with Crippen LogP contribution in [0, 0.1) is 0 Å². The number of rotatable bonds is 3. The predicted octanol–water partition coefficient (Wildman–Crippen LogP) is 1.69. The molecule has 110 valence electrons. The molecule has 2 amide bonds. The van der Waals surface area contributed by atoms with Gasteiger partial charge in [0.05, 0.1) is 18.8 Å². The number of thiophene rings is 1. The molecular weight excluding hydrogens is 280 g/mol. The van der Waals surface area contributed by atoms with E-state index in [0.717, 1.165) is 0 Å². The van der Waals surface area contributed by atoms with Gasteiger partial charge in [0, 0.05) is 11.4 Å². The van der Waals surface area contributed by atoms with E-state index in [4.69, 9.17) is 4.74 Å². The van der Waals surface area contributed by atoms with Gasteiger partial charge in [-0.2, -0.15) is 0 Å². The molecule has 0 bridgehead atoms. The van der Waals surface area contributed by atoms with Crippen molar-refractivity contribution in [3.8, 4) is 0 Å². The van der Waals surface area contributed by atoms with Crippen LogP contribution >= 0.6 is 11.3 Å². The second kappa shape index (κ2) is 5.80. The molecule has 2 heterocycles. The van der Waals surface area contributed by atoms with Crippen LogP contribution in [0.1, 0.15) is 24.8 Å². The minimum absolute atomic E-state index is 0.376. The molecule has 1 aromatic heterocycles. The molecule has 1 atom stereocenters. The van der Waals surface area contributed by atoms with E-state index in [1.54, 1.807) is 22.4 Å². The average Bonchev–Trinajstić information content (AvgIpc) is 2.88. The van der Waals surface area contributed by atoms with E-state index in [1.165, 1.54) is 11.3 Å². The molecule has 0 saturated carbocycles. The van der Waals surface area contributed by atoms with Crippen molar-refractivity contribution in [3.63, 3.8) is 0 Å². The second-order valence-electron chi connectivity index (χ2n) is 5.25. The molecule has 0 aliphatic carbocycles. The Morgan fingerprint density at radius 2 is 2.30 bits per heavy atom. The van der Waals surface area contributed by atoms with E-state index in [9.17, 15) is 14.7 Å². The summed E-state index contributed by atoms with van der Waals surface area (Å²) >= 11 is 1.31. The minimum atomic E-state index is -1.06. The molecular formula is C13H18N2O4S. The highest BCUT2D eigenvalue weighted by atomic mass is 32.1. The zero-order valence-corrected chi connectivity index (χ0v) is 12.3. The molecule has 1 saturated heterocycles. The molecule has 6 nitrogen and oxygen atoms in total. The summed E-state index contributed by atoms with van der Waals surface area (Å²) < 4.78 is 5.35. The number of carbonyl (C=O) groups excluding carboxylic acids is 1. The molecule has 0 radical (unpaired) electrons. The summed E-state index contributed by atoms with van der Waals surface area (Å²) in [5, 5.41) is 13.6. The van der Waals surface area contributed by atoms with Gasteiger partial charge in [-0.3, -0.25) is 0 Å². The first-order valence-electron chi connectivity index (χ1n) is 6.34. The van der Waals surface area contributed by atoms with Crippen LogP contribution < -0.4 is 5.32 Å². The minimum Gasteiger partial charge on any atom is -0.479 e. The van der Waals surface area contributed by atoms with Crippen LogP contribution in [-0.2, 0) is 9.53 Å². The van der Waals surface area contributed by atoms with Crippen LogP contribution in [0.2, 0.25) is 0 Å². The second-order valence-corrected chi connectivity index (χ2v) is 6.23. The van der Waals surface area contributed by atoms with Crippen LogP contribution in [0.3, 0.4) is 0 Å². The van der Waals surface area contributed by atoms with Gasteiger partial charge in [-0.15, -0.1) is 11.3 Å². The molecule has 2 N–H and O–H groups in total. The van der Waals surface area contributed by atoms with E-state index in [-0.39, 0.29) is 6.03 Å². The van der Waals surface area contributed by atoms with Gasteiger partial charge in [-0.1, -0.05) is 6.07 Å². The highest BCUT2D eigenvalue weighted by Gasteiger charge is 2.36. The standard InChI is InChI=1S/C13H18N2O4S/c1-13(2)8-19-6-5-15(13)12(18)14-10(11(16)17)9-4-3-7-20-9/h3-4,7,10H,5-6,8H2,1-2H3,(H,14,18)(H,16,17). The number of amides is 2. The summed E-state index contributed by atoms with van der Waals surface area (Å²) in [4.78, 5) is 25.9. The monoisotopic (exact) mass is 298 g/mol. The van der Waals surface area contributed by atoms with E-state index < -0.39 is 17.6 Å². The van der Waals surface area contributed by atoms with Crippen LogP contribution in [0.25, 0.3) is 0 Å². The highest BCUT2D eigenvalue weighted by Crippen LogP contribution is 2.22. The maximum Gasteiger partial charge on any atom is 0.331 e. The number of nitrogens with zero attached hydrogens (tertiary/aromatic N) is 1. The number of hydrogen-bond acceptors (Lipinski definition) is 4. The molecule has 20 heavy (non-hydrogen) atoms. The first-order chi connectivity index (χ1) is 9.42. The predicted molar refractivity (Wildman–Crippen MR) is 74.8 cm³/mol. The Morgan fingerprint density at radius 1 is 1.55 bits per heavy atom. The number of urea groups is 1. The number of aliphatic carboxylic acids is 1. The number of ether oxygens (including phenoxy) is 1. The molecule has 1 aliphatic rings. The fourth-order valence-electron chi connectivity index (χ4n) is 2.15. The van der Waals surface area contributed by atoms with Crippen molar-refractivity contribution in [2.75, 3.05) is 19.8 Å². The first kappa shape index (κ1) is 14.8. The van der Waals surface area contributed by atoms with Gasteiger partial charge in [-0.25, -0.2) is 9.59 Å². The summed E-state index contributed by atoms with van der Waals surface area (Å²) in [7, 11) is 0. The van der Waals surface area contributed by atoms with E-state index >= 15 is 0 Å². The van der Waals surface area contributed by atoms with Gasteiger partial charge in [0.2, 0.25) is 0 Å². The number of morpholine rings is 1. The van der Waals surface area contributed by atoms with E-state index in [1.807, 2.05) is 13.8 Å². The quantitative estimate of drug-likeness (QED) is 0.890. The SMILES string of the molecule is CC1(C)COCCN1C(=O)NC(C(=O)O)c1cccs1. The van der Waals surface area contributed by atoms with Crippen molar-refractivity contribution in [2.45, 2.75) is 25.4 Å². The lowest BCUT2D eigenvalue weighted by Crippen LogP contribution is -2.59. The van der Waals surface area contributed by atoms with Crippen LogP contribution in [-0.4, -0.2) is 47.3 Å². The third-order valence-electron chi connectivity index (χ3n) is 3.23. The van der Waals surface area contributed by atoms with Crippen molar-refractivity contribution in [3.05, 3.63) is 22.4 Å². The summed E-state index contributed by atoms with van der Waals surface area (Å²) in [6, 6.07) is 2.08. The average molecular weight is 298 g/mol. The van der Waals surface area contributed by atoms with Gasteiger partial charge >= 0.3 is 12.0 Å². The highest BCUT2D eigenvalue weighted by molar-refractivity contribution is 7.10. The molecule has 1 unspecified atom stereocenters. The molecule has 1 aromatic rings. The third-order valence-corrected chi connectivity index (χ3v) is 4.17. The van der Waals surface area contributed by atoms with Gasteiger partial charge < -0.3 is 20.1 Å².